The van der Waals surface area contributed by atoms with E-state index in [-0.39, 0.29) is 6.09 Å². The second kappa shape index (κ2) is 8.62. The Balaban J connectivity index is 1.64. The molecule has 0 atom stereocenters. The molecule has 2 rings (SSSR count). The molecule has 1 aliphatic rings. The molecule has 0 aromatic heterocycles. The Labute approximate surface area is 121 Å². The van der Waals surface area contributed by atoms with Crippen molar-refractivity contribution in [3.8, 4) is 0 Å². The van der Waals surface area contributed by atoms with E-state index >= 15 is 0 Å². The number of hydrogen-bond acceptors (Lipinski definition) is 2. The lowest BCUT2D eigenvalue weighted by molar-refractivity contribution is 0.137. The van der Waals surface area contributed by atoms with Gasteiger partial charge >= 0.3 is 6.09 Å². The molecule has 0 heterocycles. The van der Waals surface area contributed by atoms with Gasteiger partial charge in [0.25, 0.3) is 0 Å². The summed E-state index contributed by atoms with van der Waals surface area (Å²) in [4.78, 5) is 11.7. The molecular formula is C17H25NO2. The molecule has 20 heavy (non-hydrogen) atoms. The highest BCUT2D eigenvalue weighted by atomic mass is 16.5. The van der Waals surface area contributed by atoms with Crippen LogP contribution in [0.5, 0.6) is 0 Å². The van der Waals surface area contributed by atoms with E-state index in [0.717, 1.165) is 12.1 Å². The topological polar surface area (TPSA) is 38.3 Å². The van der Waals surface area contributed by atoms with Gasteiger partial charge in [-0.25, -0.2) is 4.79 Å². The second-order valence-corrected chi connectivity index (χ2v) is 5.65. The number of benzene rings is 1. The number of nitrogens with one attached hydrogen (secondary N) is 1. The fourth-order valence-electron chi connectivity index (χ4n) is 2.75. The lowest BCUT2D eigenvalue weighted by Crippen LogP contribution is -2.30. The third-order valence-electron chi connectivity index (χ3n) is 3.97. The molecule has 1 amide bonds. The molecule has 1 aliphatic carbocycles. The molecule has 1 saturated carbocycles. The summed E-state index contributed by atoms with van der Waals surface area (Å²) < 4.78 is 5.23. The van der Waals surface area contributed by atoms with Crippen LogP contribution < -0.4 is 5.32 Å². The fraction of sp³-hybridized carbons (Fsp3) is 0.588. The predicted octanol–water partition coefficient (Wildman–Crippen LogP) is 4.27. The van der Waals surface area contributed by atoms with Crippen molar-refractivity contribution in [3.05, 3.63) is 35.9 Å². The largest absolute Gasteiger partial charge is 0.445 e. The summed E-state index contributed by atoms with van der Waals surface area (Å²) >= 11 is 0. The van der Waals surface area contributed by atoms with Crippen LogP contribution in [0.4, 0.5) is 4.79 Å². The molecule has 0 spiro atoms. The lowest BCUT2D eigenvalue weighted by atomic mass is 9.91. The van der Waals surface area contributed by atoms with E-state index < -0.39 is 0 Å². The van der Waals surface area contributed by atoms with Crippen molar-refractivity contribution in [3.63, 3.8) is 0 Å². The minimum absolute atomic E-state index is 0.295. The monoisotopic (exact) mass is 275 g/mol. The molecule has 3 heteroatoms. The summed E-state index contributed by atoms with van der Waals surface area (Å²) in [5.74, 6) is 0.625. The number of hydrogen-bond donors (Lipinski definition) is 1. The maximum atomic E-state index is 11.7. The highest BCUT2D eigenvalue weighted by Gasteiger charge is 2.12. The van der Waals surface area contributed by atoms with E-state index in [0.29, 0.717) is 12.5 Å². The van der Waals surface area contributed by atoms with Crippen LogP contribution >= 0.6 is 0 Å². The third kappa shape index (κ3) is 5.64. The maximum Gasteiger partial charge on any atom is 0.407 e. The average Bonchev–Trinajstić information content (AvgIpc) is 2.45. The third-order valence-corrected chi connectivity index (χ3v) is 3.97. The Hall–Kier alpha value is -1.51. The van der Waals surface area contributed by atoms with Crippen molar-refractivity contribution >= 4 is 6.09 Å². The SMILES string of the molecule is O=C(NCC1CCCCCCC1)OCc1ccccc1. The molecule has 1 fully saturated rings. The molecule has 0 radical (unpaired) electrons. The lowest BCUT2D eigenvalue weighted by Gasteiger charge is -2.19. The van der Waals surface area contributed by atoms with Crippen molar-refractivity contribution in [2.45, 2.75) is 51.6 Å². The van der Waals surface area contributed by atoms with E-state index in [4.69, 9.17) is 4.74 Å². The molecule has 0 unspecified atom stereocenters. The van der Waals surface area contributed by atoms with E-state index in [2.05, 4.69) is 5.32 Å². The molecule has 0 aliphatic heterocycles. The summed E-state index contributed by atoms with van der Waals surface area (Å²) in [6.07, 6.45) is 8.83. The summed E-state index contributed by atoms with van der Waals surface area (Å²) in [5, 5.41) is 2.91. The minimum Gasteiger partial charge on any atom is -0.445 e. The van der Waals surface area contributed by atoms with Crippen LogP contribution in [0.15, 0.2) is 30.3 Å². The Kier molecular flexibility index (Phi) is 6.42. The number of rotatable bonds is 4. The van der Waals surface area contributed by atoms with Crippen LogP contribution in [0, 0.1) is 5.92 Å². The predicted molar refractivity (Wildman–Crippen MR) is 80.4 cm³/mol. The van der Waals surface area contributed by atoms with Gasteiger partial charge in [0.05, 0.1) is 0 Å². The molecule has 3 nitrogen and oxygen atoms in total. The zero-order valence-corrected chi connectivity index (χ0v) is 12.1. The highest BCUT2D eigenvalue weighted by molar-refractivity contribution is 5.67. The Morgan fingerprint density at radius 3 is 2.40 bits per heavy atom. The van der Waals surface area contributed by atoms with Crippen LogP contribution in [0.3, 0.4) is 0 Å². The van der Waals surface area contributed by atoms with Crippen LogP contribution in [0.1, 0.15) is 50.5 Å². The first-order chi connectivity index (χ1) is 9.84. The fourth-order valence-corrected chi connectivity index (χ4v) is 2.75. The molecule has 1 aromatic rings. The maximum absolute atomic E-state index is 11.7. The van der Waals surface area contributed by atoms with Gasteiger partial charge in [-0.2, -0.15) is 0 Å². The average molecular weight is 275 g/mol. The van der Waals surface area contributed by atoms with Crippen molar-refractivity contribution in [2.24, 2.45) is 5.92 Å². The van der Waals surface area contributed by atoms with Crippen molar-refractivity contribution in [2.75, 3.05) is 6.54 Å². The Morgan fingerprint density at radius 1 is 1.05 bits per heavy atom. The van der Waals surface area contributed by atoms with Crippen molar-refractivity contribution in [1.82, 2.24) is 5.32 Å². The van der Waals surface area contributed by atoms with Crippen LogP contribution in [0.2, 0.25) is 0 Å². The second-order valence-electron chi connectivity index (χ2n) is 5.65. The van der Waals surface area contributed by atoms with Gasteiger partial charge in [-0.05, 0) is 24.3 Å². The first-order valence-electron chi connectivity index (χ1n) is 7.79. The van der Waals surface area contributed by atoms with Gasteiger partial charge in [-0.1, -0.05) is 62.4 Å². The number of amides is 1. The van der Waals surface area contributed by atoms with E-state index in [1.54, 1.807) is 0 Å². The summed E-state index contributed by atoms with van der Waals surface area (Å²) in [5.41, 5.74) is 1.02. The number of carbonyl (C=O) groups is 1. The van der Waals surface area contributed by atoms with Gasteiger partial charge in [0.1, 0.15) is 6.61 Å². The number of carbonyl (C=O) groups excluding carboxylic acids is 1. The van der Waals surface area contributed by atoms with E-state index in [9.17, 15) is 4.79 Å². The van der Waals surface area contributed by atoms with Gasteiger partial charge < -0.3 is 10.1 Å². The van der Waals surface area contributed by atoms with Crippen LogP contribution in [0.25, 0.3) is 0 Å². The summed E-state index contributed by atoms with van der Waals surface area (Å²) in [7, 11) is 0. The van der Waals surface area contributed by atoms with Gasteiger partial charge in [0.15, 0.2) is 0 Å². The van der Waals surface area contributed by atoms with Crippen LogP contribution in [-0.2, 0) is 11.3 Å². The molecule has 0 bridgehead atoms. The van der Waals surface area contributed by atoms with E-state index in [1.165, 1.54) is 44.9 Å². The van der Waals surface area contributed by atoms with Crippen LogP contribution in [-0.4, -0.2) is 12.6 Å². The smallest absolute Gasteiger partial charge is 0.407 e. The molecule has 110 valence electrons. The quantitative estimate of drug-likeness (QED) is 0.891. The van der Waals surface area contributed by atoms with Crippen molar-refractivity contribution in [1.29, 1.82) is 0 Å². The van der Waals surface area contributed by atoms with Gasteiger partial charge in [0.2, 0.25) is 0 Å². The first kappa shape index (κ1) is 14.9. The molecule has 1 N–H and O–H groups in total. The standard InChI is InChI=1S/C17H25NO2/c19-17(20-14-16-11-7-4-8-12-16)18-13-15-9-5-2-1-3-6-10-15/h4,7-8,11-12,15H,1-3,5-6,9-10,13-14H2,(H,18,19). The van der Waals surface area contributed by atoms with Gasteiger partial charge in [0, 0.05) is 6.54 Å². The molecular weight excluding hydrogens is 250 g/mol. The first-order valence-corrected chi connectivity index (χ1v) is 7.79. The zero-order chi connectivity index (χ0) is 14.0. The normalized spacial score (nSPS) is 17.0. The van der Waals surface area contributed by atoms with Gasteiger partial charge in [-0.15, -0.1) is 0 Å². The summed E-state index contributed by atoms with van der Waals surface area (Å²) in [6, 6.07) is 9.78. The highest BCUT2D eigenvalue weighted by Crippen LogP contribution is 2.21. The molecule has 0 saturated heterocycles. The Bertz CT molecular complexity index is 383. The number of ether oxygens (including phenoxy) is 1. The van der Waals surface area contributed by atoms with Crippen molar-refractivity contribution < 1.29 is 9.53 Å². The minimum atomic E-state index is -0.295. The van der Waals surface area contributed by atoms with Gasteiger partial charge in [-0.3, -0.25) is 0 Å². The summed E-state index contributed by atoms with van der Waals surface area (Å²) in [6.45, 7) is 1.10. The zero-order valence-electron chi connectivity index (χ0n) is 12.1. The Morgan fingerprint density at radius 2 is 1.70 bits per heavy atom. The van der Waals surface area contributed by atoms with E-state index in [1.807, 2.05) is 30.3 Å². The molecule has 1 aromatic carbocycles. The number of alkyl carbamates (subject to hydrolysis) is 1.